The summed E-state index contributed by atoms with van der Waals surface area (Å²) in [6.07, 6.45) is 4.21. The summed E-state index contributed by atoms with van der Waals surface area (Å²) in [5.74, 6) is 0.760. The molecule has 0 saturated carbocycles. The molecule has 0 bridgehead atoms. The lowest BCUT2D eigenvalue weighted by atomic mass is 9.88. The number of aryl methyl sites for hydroxylation is 2. The molecular formula is C19H19N3O. The van der Waals surface area contributed by atoms with Gasteiger partial charge in [-0.3, -0.25) is 0 Å². The number of anilines is 1. The van der Waals surface area contributed by atoms with Gasteiger partial charge in [0, 0.05) is 23.5 Å². The van der Waals surface area contributed by atoms with E-state index in [1.165, 1.54) is 11.8 Å². The molecule has 1 aliphatic carbocycles. The van der Waals surface area contributed by atoms with Crippen molar-refractivity contribution < 1.29 is 4.74 Å². The van der Waals surface area contributed by atoms with Crippen molar-refractivity contribution in [1.29, 1.82) is 10.7 Å². The topological polar surface area (TPSA) is 82.9 Å². The summed E-state index contributed by atoms with van der Waals surface area (Å²) < 4.78 is 6.23. The van der Waals surface area contributed by atoms with Gasteiger partial charge in [-0.05, 0) is 61.1 Å². The fourth-order valence-electron chi connectivity index (χ4n) is 3.09. The van der Waals surface area contributed by atoms with Crippen molar-refractivity contribution in [3.63, 3.8) is 0 Å². The van der Waals surface area contributed by atoms with E-state index < -0.39 is 0 Å². The minimum Gasteiger partial charge on any atom is -0.485 e. The first kappa shape index (κ1) is 15.1. The van der Waals surface area contributed by atoms with Crippen LogP contribution in [0.15, 0.2) is 30.3 Å². The van der Waals surface area contributed by atoms with Crippen molar-refractivity contribution in [2.75, 3.05) is 5.73 Å². The van der Waals surface area contributed by atoms with E-state index in [0.29, 0.717) is 16.8 Å². The molecule has 0 amide bonds. The second-order valence-corrected chi connectivity index (χ2v) is 5.92. The number of nitriles is 1. The van der Waals surface area contributed by atoms with E-state index in [-0.39, 0.29) is 6.10 Å². The van der Waals surface area contributed by atoms with Gasteiger partial charge in [0.05, 0.1) is 11.6 Å². The lowest BCUT2D eigenvalue weighted by Gasteiger charge is -2.27. The van der Waals surface area contributed by atoms with Crippen molar-refractivity contribution in [3.8, 4) is 11.8 Å². The average Bonchev–Trinajstić information content (AvgIpc) is 2.57. The van der Waals surface area contributed by atoms with Gasteiger partial charge in [-0.25, -0.2) is 0 Å². The van der Waals surface area contributed by atoms with Crippen LogP contribution in [0.25, 0.3) is 0 Å². The van der Waals surface area contributed by atoms with E-state index in [9.17, 15) is 0 Å². The molecule has 2 aromatic rings. The van der Waals surface area contributed by atoms with Crippen LogP contribution < -0.4 is 10.5 Å². The number of hydrogen-bond donors (Lipinski definition) is 2. The molecule has 0 aliphatic heterocycles. The maximum Gasteiger partial charge on any atom is 0.125 e. The molecule has 0 aromatic heterocycles. The molecule has 0 saturated heterocycles. The zero-order valence-corrected chi connectivity index (χ0v) is 13.1. The molecule has 23 heavy (non-hydrogen) atoms. The summed E-state index contributed by atoms with van der Waals surface area (Å²) in [5, 5.41) is 16.4. The highest BCUT2D eigenvalue weighted by molar-refractivity contribution is 5.85. The van der Waals surface area contributed by atoms with Gasteiger partial charge in [-0.1, -0.05) is 6.07 Å². The number of nitrogen functional groups attached to an aromatic ring is 1. The summed E-state index contributed by atoms with van der Waals surface area (Å²) in [4.78, 5) is 0. The van der Waals surface area contributed by atoms with Crippen LogP contribution in [0, 0.1) is 23.7 Å². The number of benzene rings is 2. The molecule has 2 aromatic carbocycles. The fourth-order valence-corrected chi connectivity index (χ4v) is 3.09. The summed E-state index contributed by atoms with van der Waals surface area (Å²) in [7, 11) is 0. The minimum atomic E-state index is -0.0181. The number of fused-ring (bicyclic) bond motifs is 1. The quantitative estimate of drug-likeness (QED) is 0.666. The Hall–Kier alpha value is -2.80. The lowest BCUT2D eigenvalue weighted by Crippen LogP contribution is -2.16. The Morgan fingerprint density at radius 3 is 2.91 bits per heavy atom. The van der Waals surface area contributed by atoms with Crippen LogP contribution in [0.2, 0.25) is 0 Å². The molecule has 0 heterocycles. The molecule has 0 radical (unpaired) electrons. The zero-order valence-electron chi connectivity index (χ0n) is 13.1. The number of hydrogen-bond acceptors (Lipinski definition) is 4. The number of nitrogens with two attached hydrogens (primary N) is 1. The molecule has 4 heteroatoms. The molecule has 1 atom stereocenters. The van der Waals surface area contributed by atoms with E-state index in [0.717, 1.165) is 36.1 Å². The van der Waals surface area contributed by atoms with Gasteiger partial charge < -0.3 is 15.9 Å². The van der Waals surface area contributed by atoms with Crippen molar-refractivity contribution >= 4 is 11.9 Å². The second kappa shape index (κ2) is 6.13. The predicted octanol–water partition coefficient (Wildman–Crippen LogP) is 3.90. The Kier molecular flexibility index (Phi) is 4.03. The second-order valence-electron chi connectivity index (χ2n) is 5.92. The minimum absolute atomic E-state index is 0.0181. The summed E-state index contributed by atoms with van der Waals surface area (Å²) in [6, 6.07) is 11.7. The SMILES string of the molecule is Cc1cc(C=N)c(N)cc1OC1CCCc2cc(C#N)ccc21. The van der Waals surface area contributed by atoms with Gasteiger partial charge in [0.15, 0.2) is 0 Å². The smallest absolute Gasteiger partial charge is 0.125 e. The lowest BCUT2D eigenvalue weighted by molar-refractivity contribution is 0.182. The van der Waals surface area contributed by atoms with Gasteiger partial charge in [-0.15, -0.1) is 0 Å². The molecule has 0 spiro atoms. The highest BCUT2D eigenvalue weighted by Gasteiger charge is 2.23. The number of ether oxygens (including phenoxy) is 1. The fraction of sp³-hybridized carbons (Fsp3) is 0.263. The summed E-state index contributed by atoms with van der Waals surface area (Å²) in [5.41, 5.74) is 11.2. The van der Waals surface area contributed by atoms with E-state index in [1.54, 1.807) is 6.07 Å². The van der Waals surface area contributed by atoms with Gasteiger partial charge in [0.2, 0.25) is 0 Å². The normalized spacial score (nSPS) is 16.3. The Balaban J connectivity index is 1.92. The Morgan fingerprint density at radius 1 is 1.35 bits per heavy atom. The Bertz CT molecular complexity index is 805. The maximum atomic E-state index is 9.04. The average molecular weight is 305 g/mol. The third-order valence-electron chi connectivity index (χ3n) is 4.34. The Morgan fingerprint density at radius 2 is 2.17 bits per heavy atom. The van der Waals surface area contributed by atoms with E-state index in [1.807, 2.05) is 31.2 Å². The van der Waals surface area contributed by atoms with Crippen LogP contribution in [0.4, 0.5) is 5.69 Å². The number of nitrogens with zero attached hydrogens (tertiary/aromatic N) is 1. The van der Waals surface area contributed by atoms with Crippen LogP contribution in [-0.2, 0) is 6.42 Å². The van der Waals surface area contributed by atoms with Gasteiger partial charge in [0.1, 0.15) is 11.9 Å². The first-order valence-electron chi connectivity index (χ1n) is 7.72. The number of nitrogens with one attached hydrogen (secondary N) is 1. The van der Waals surface area contributed by atoms with E-state index >= 15 is 0 Å². The number of rotatable bonds is 3. The summed E-state index contributed by atoms with van der Waals surface area (Å²) in [6.45, 7) is 1.96. The molecule has 4 nitrogen and oxygen atoms in total. The molecule has 3 rings (SSSR count). The van der Waals surface area contributed by atoms with Crippen molar-refractivity contribution in [3.05, 3.63) is 58.1 Å². The van der Waals surface area contributed by atoms with Gasteiger partial charge in [-0.2, -0.15) is 5.26 Å². The molecule has 1 aliphatic rings. The highest BCUT2D eigenvalue weighted by atomic mass is 16.5. The van der Waals surface area contributed by atoms with E-state index in [2.05, 4.69) is 6.07 Å². The third-order valence-corrected chi connectivity index (χ3v) is 4.34. The van der Waals surface area contributed by atoms with Crippen molar-refractivity contribution in [2.24, 2.45) is 0 Å². The molecular weight excluding hydrogens is 286 g/mol. The van der Waals surface area contributed by atoms with Crippen LogP contribution in [-0.4, -0.2) is 6.21 Å². The van der Waals surface area contributed by atoms with E-state index in [4.69, 9.17) is 21.1 Å². The largest absolute Gasteiger partial charge is 0.485 e. The standard InChI is InChI=1S/C19H19N3O/c1-12-7-15(11-21)17(22)9-19(12)23-18-4-2-3-14-8-13(10-20)5-6-16(14)18/h5-9,11,18,21H,2-4,22H2,1H3. The first-order valence-corrected chi connectivity index (χ1v) is 7.72. The molecule has 1 unspecified atom stereocenters. The predicted molar refractivity (Wildman–Crippen MR) is 90.9 cm³/mol. The van der Waals surface area contributed by atoms with Crippen molar-refractivity contribution in [2.45, 2.75) is 32.3 Å². The van der Waals surface area contributed by atoms with Crippen LogP contribution >= 0.6 is 0 Å². The third kappa shape index (κ3) is 2.91. The van der Waals surface area contributed by atoms with Crippen LogP contribution in [0.1, 0.15) is 46.8 Å². The monoisotopic (exact) mass is 305 g/mol. The first-order chi connectivity index (χ1) is 11.1. The van der Waals surface area contributed by atoms with Crippen LogP contribution in [0.5, 0.6) is 5.75 Å². The van der Waals surface area contributed by atoms with Gasteiger partial charge >= 0.3 is 0 Å². The van der Waals surface area contributed by atoms with Crippen molar-refractivity contribution in [1.82, 2.24) is 0 Å². The molecule has 0 fully saturated rings. The summed E-state index contributed by atoms with van der Waals surface area (Å²) >= 11 is 0. The van der Waals surface area contributed by atoms with Gasteiger partial charge in [0.25, 0.3) is 0 Å². The van der Waals surface area contributed by atoms with Crippen LogP contribution in [0.3, 0.4) is 0 Å². The molecule has 3 N–H and O–H groups in total. The molecule has 116 valence electrons. The maximum absolute atomic E-state index is 9.04. The Labute approximate surface area is 136 Å². The zero-order chi connectivity index (χ0) is 16.4. The highest BCUT2D eigenvalue weighted by Crippen LogP contribution is 2.36.